The fourth-order valence-electron chi connectivity index (χ4n) is 6.05. The van der Waals surface area contributed by atoms with E-state index in [1.807, 2.05) is 11.8 Å². The summed E-state index contributed by atoms with van der Waals surface area (Å²) < 4.78 is 15.5. The van der Waals surface area contributed by atoms with E-state index < -0.39 is 0 Å². The first kappa shape index (κ1) is 18.8. The largest absolute Gasteiger partial charge is 0.277 e. The summed E-state index contributed by atoms with van der Waals surface area (Å²) in [6, 6.07) is 6.57. The summed E-state index contributed by atoms with van der Waals surface area (Å²) in [5.41, 5.74) is 0.764. The van der Waals surface area contributed by atoms with E-state index in [1.165, 1.54) is 44.2 Å². The topological polar surface area (TPSA) is 51.0 Å². The van der Waals surface area contributed by atoms with Crippen LogP contribution in [0.5, 0.6) is 0 Å². The van der Waals surface area contributed by atoms with Crippen LogP contribution in [0.25, 0.3) is 11.4 Å². The smallest absolute Gasteiger partial charge is 0.231 e. The lowest BCUT2D eigenvalue weighted by Crippen LogP contribution is -2.61. The molecule has 2 unspecified atom stereocenters. The number of aromatic nitrogens is 3. The minimum atomic E-state index is -0.268. The average molecular weight is 397 g/mol. The molecule has 2 aromatic rings. The molecule has 0 N–H and O–H groups in total. The lowest BCUT2D eigenvalue weighted by Gasteiger charge is -2.55. The van der Waals surface area contributed by atoms with Gasteiger partial charge >= 0.3 is 0 Å². The number of benzene rings is 1. The minimum absolute atomic E-state index is 0.0333. The lowest BCUT2D eigenvalue weighted by molar-refractivity contribution is -0.120. The quantitative estimate of drug-likeness (QED) is 0.713. The number of carbonyl (C=O) groups excluding carboxylic acids is 1. The van der Waals surface area contributed by atoms with Gasteiger partial charge in [-0.25, -0.2) is 9.07 Å². The van der Waals surface area contributed by atoms with Gasteiger partial charge in [-0.2, -0.15) is 4.98 Å². The molecule has 1 spiro atoms. The summed E-state index contributed by atoms with van der Waals surface area (Å²) >= 11 is 0. The normalized spacial score (nSPS) is 25.5. The van der Waals surface area contributed by atoms with Gasteiger partial charge in [0.25, 0.3) is 0 Å². The van der Waals surface area contributed by atoms with Crippen molar-refractivity contribution in [3.63, 3.8) is 0 Å². The van der Waals surface area contributed by atoms with Crippen molar-refractivity contribution in [2.75, 3.05) is 4.90 Å². The number of amides is 1. The molecule has 2 saturated carbocycles. The predicted octanol–water partition coefficient (Wildman–Crippen LogP) is 5.06. The summed E-state index contributed by atoms with van der Waals surface area (Å²) in [7, 11) is 0. The van der Waals surface area contributed by atoms with E-state index in [0.29, 0.717) is 24.1 Å². The first-order valence-electron chi connectivity index (χ1n) is 11.2. The monoisotopic (exact) mass is 396 g/mol. The minimum Gasteiger partial charge on any atom is -0.277 e. The van der Waals surface area contributed by atoms with E-state index in [0.717, 1.165) is 31.2 Å². The van der Waals surface area contributed by atoms with Gasteiger partial charge < -0.3 is 0 Å². The van der Waals surface area contributed by atoms with Crippen molar-refractivity contribution < 1.29 is 9.18 Å². The number of nitrogens with zero attached hydrogens (tertiary/aromatic N) is 4. The maximum atomic E-state index is 13.4. The number of fused-ring (bicyclic) bond motifs is 4. The zero-order chi connectivity index (χ0) is 20.0. The number of hydrogen-bond acceptors (Lipinski definition) is 3. The number of hydrogen-bond donors (Lipinski definition) is 0. The van der Waals surface area contributed by atoms with Crippen molar-refractivity contribution in [2.24, 2.45) is 5.92 Å². The van der Waals surface area contributed by atoms with Crippen molar-refractivity contribution in [3.8, 4) is 11.4 Å². The molecule has 1 amide bonds. The Kier molecular flexibility index (Phi) is 4.67. The molecule has 6 heteroatoms. The number of carbonyl (C=O) groups is 1. The van der Waals surface area contributed by atoms with Crippen LogP contribution >= 0.6 is 0 Å². The molecule has 29 heavy (non-hydrogen) atoms. The number of rotatable bonds is 2. The van der Waals surface area contributed by atoms with Gasteiger partial charge in [0.15, 0.2) is 5.82 Å². The van der Waals surface area contributed by atoms with E-state index in [9.17, 15) is 9.18 Å². The van der Waals surface area contributed by atoms with Crippen LogP contribution in [0.4, 0.5) is 10.3 Å². The van der Waals surface area contributed by atoms with Crippen molar-refractivity contribution in [2.45, 2.75) is 82.7 Å². The van der Waals surface area contributed by atoms with Crippen LogP contribution in [0.3, 0.4) is 0 Å². The lowest BCUT2D eigenvalue weighted by atomic mass is 9.64. The van der Waals surface area contributed by atoms with Crippen LogP contribution in [0.2, 0.25) is 0 Å². The van der Waals surface area contributed by atoms with Crippen molar-refractivity contribution in [3.05, 3.63) is 30.1 Å². The zero-order valence-electron chi connectivity index (χ0n) is 17.1. The van der Waals surface area contributed by atoms with E-state index in [1.54, 1.807) is 12.1 Å². The third kappa shape index (κ3) is 2.90. The van der Waals surface area contributed by atoms with Crippen LogP contribution in [0.1, 0.15) is 71.1 Å². The van der Waals surface area contributed by atoms with Gasteiger partial charge in [-0.15, -0.1) is 5.10 Å². The molecule has 3 aliphatic rings. The standard InChI is InChI=1S/C23H29FN4O/c1-2-20(29)27-19-9-5-4-8-18(19)23(14-6-3-7-15-23)28-22(27)25-21(26-28)16-10-12-17(24)13-11-16/h10-13,18-19H,2-9,14-15H2,1H3. The zero-order valence-corrected chi connectivity index (χ0v) is 17.1. The molecule has 2 fully saturated rings. The molecule has 1 aromatic carbocycles. The van der Waals surface area contributed by atoms with Gasteiger partial charge in [-0.1, -0.05) is 39.0 Å². The molecule has 0 bridgehead atoms. The van der Waals surface area contributed by atoms with Crippen LogP contribution < -0.4 is 4.90 Å². The molecule has 154 valence electrons. The second-order valence-corrected chi connectivity index (χ2v) is 8.89. The molecular weight excluding hydrogens is 367 g/mol. The number of anilines is 1. The van der Waals surface area contributed by atoms with E-state index >= 15 is 0 Å². The van der Waals surface area contributed by atoms with Crippen molar-refractivity contribution in [1.29, 1.82) is 0 Å². The summed E-state index contributed by atoms with van der Waals surface area (Å²) in [4.78, 5) is 19.9. The van der Waals surface area contributed by atoms with E-state index in [4.69, 9.17) is 10.1 Å². The van der Waals surface area contributed by atoms with Gasteiger partial charge in [0.1, 0.15) is 5.82 Å². The highest BCUT2D eigenvalue weighted by atomic mass is 19.1. The van der Waals surface area contributed by atoms with Gasteiger partial charge in [-0.3, -0.25) is 9.69 Å². The molecule has 2 atom stereocenters. The van der Waals surface area contributed by atoms with Gasteiger partial charge in [-0.05, 0) is 49.9 Å². The maximum Gasteiger partial charge on any atom is 0.231 e. The first-order chi connectivity index (χ1) is 14.1. The van der Waals surface area contributed by atoms with Crippen LogP contribution in [-0.4, -0.2) is 26.7 Å². The summed E-state index contributed by atoms with van der Waals surface area (Å²) in [6.07, 6.45) is 11.0. The molecule has 0 radical (unpaired) electrons. The fraction of sp³-hybridized carbons (Fsp3) is 0.609. The second-order valence-electron chi connectivity index (χ2n) is 8.89. The Balaban J connectivity index is 1.69. The van der Waals surface area contributed by atoms with Crippen LogP contribution in [0.15, 0.2) is 24.3 Å². The van der Waals surface area contributed by atoms with Gasteiger partial charge in [0.2, 0.25) is 11.9 Å². The summed E-state index contributed by atoms with van der Waals surface area (Å²) in [6.45, 7) is 1.92. The third-order valence-corrected chi connectivity index (χ3v) is 7.37. The van der Waals surface area contributed by atoms with Crippen LogP contribution in [0, 0.1) is 11.7 Å². The predicted molar refractivity (Wildman–Crippen MR) is 110 cm³/mol. The molecule has 2 aliphatic carbocycles. The average Bonchev–Trinajstić information content (AvgIpc) is 3.21. The Bertz CT molecular complexity index is 900. The molecule has 5 nitrogen and oxygen atoms in total. The Labute approximate surface area is 171 Å². The van der Waals surface area contributed by atoms with Crippen molar-refractivity contribution in [1.82, 2.24) is 14.8 Å². The highest BCUT2D eigenvalue weighted by Crippen LogP contribution is 2.53. The first-order valence-corrected chi connectivity index (χ1v) is 11.2. The molecule has 5 rings (SSSR count). The summed E-state index contributed by atoms with van der Waals surface area (Å²) in [5.74, 6) is 1.61. The number of halogens is 1. The van der Waals surface area contributed by atoms with Gasteiger partial charge in [0.05, 0.1) is 5.54 Å². The van der Waals surface area contributed by atoms with Crippen LogP contribution in [-0.2, 0) is 10.3 Å². The Morgan fingerprint density at radius 2 is 1.83 bits per heavy atom. The highest BCUT2D eigenvalue weighted by Gasteiger charge is 2.54. The van der Waals surface area contributed by atoms with E-state index in [-0.39, 0.29) is 23.3 Å². The molecule has 1 aromatic heterocycles. The Morgan fingerprint density at radius 3 is 2.55 bits per heavy atom. The molecule has 1 aliphatic heterocycles. The molecule has 0 saturated heterocycles. The fourth-order valence-corrected chi connectivity index (χ4v) is 6.05. The molecule has 2 heterocycles. The Hall–Kier alpha value is -2.24. The third-order valence-electron chi connectivity index (χ3n) is 7.37. The van der Waals surface area contributed by atoms with Crippen molar-refractivity contribution >= 4 is 11.9 Å². The summed E-state index contributed by atoms with van der Waals surface area (Å²) in [5, 5.41) is 4.97. The second kappa shape index (κ2) is 7.22. The van der Waals surface area contributed by atoms with Gasteiger partial charge in [0, 0.05) is 23.9 Å². The van der Waals surface area contributed by atoms with E-state index in [2.05, 4.69) is 4.68 Å². The molecular formula is C23H29FN4O. The SMILES string of the molecule is CCC(=O)N1c2nc(-c3ccc(F)cc3)nn2C2(CCCCC2)C2CCCCC21. The maximum absolute atomic E-state index is 13.4. The highest BCUT2D eigenvalue weighted by molar-refractivity contribution is 5.92. The Morgan fingerprint density at radius 1 is 1.10 bits per heavy atom.